The van der Waals surface area contributed by atoms with Gasteiger partial charge in [0.05, 0.1) is 5.02 Å². The van der Waals surface area contributed by atoms with Crippen molar-refractivity contribution >= 4 is 22.9 Å². The maximum Gasteiger partial charge on any atom is 0.141 e. The first-order chi connectivity index (χ1) is 8.20. The van der Waals surface area contributed by atoms with Crippen LogP contribution in [0.25, 0.3) is 0 Å². The second-order valence-corrected chi connectivity index (χ2v) is 5.04. The molecule has 0 aliphatic heterocycles. The van der Waals surface area contributed by atoms with E-state index in [1.54, 1.807) is 23.5 Å². The van der Waals surface area contributed by atoms with Gasteiger partial charge in [0.1, 0.15) is 5.82 Å². The lowest BCUT2D eigenvalue weighted by atomic mass is 10.0. The number of likely N-dealkylation sites (N-methyl/N-ethyl adjacent to an activating group) is 1. The van der Waals surface area contributed by atoms with Crippen molar-refractivity contribution in [3.8, 4) is 0 Å². The fraction of sp³-hybridized carbons (Fsp3) is 0.231. The first kappa shape index (κ1) is 12.6. The van der Waals surface area contributed by atoms with E-state index in [-0.39, 0.29) is 16.9 Å². The standard InChI is InChI=1S/C13H13ClFNS/c1-16-13(10-4-5-17-8-10)7-9-2-3-12(15)11(14)6-9/h2-6,8,13,16H,7H2,1H3. The third-order valence-electron chi connectivity index (χ3n) is 2.72. The molecule has 0 amide bonds. The fourth-order valence-corrected chi connectivity index (χ4v) is 2.68. The van der Waals surface area contributed by atoms with E-state index < -0.39 is 0 Å². The number of thiophene rings is 1. The van der Waals surface area contributed by atoms with Crippen molar-refractivity contribution < 1.29 is 4.39 Å². The van der Waals surface area contributed by atoms with Gasteiger partial charge in [-0.1, -0.05) is 17.7 Å². The largest absolute Gasteiger partial charge is 0.313 e. The zero-order valence-corrected chi connectivity index (χ0v) is 11.0. The van der Waals surface area contributed by atoms with Crippen LogP contribution in [0.15, 0.2) is 35.0 Å². The van der Waals surface area contributed by atoms with Gasteiger partial charge in [0.25, 0.3) is 0 Å². The van der Waals surface area contributed by atoms with Gasteiger partial charge in [-0.3, -0.25) is 0 Å². The van der Waals surface area contributed by atoms with Crippen molar-refractivity contribution in [2.45, 2.75) is 12.5 Å². The Kier molecular flexibility index (Phi) is 4.15. The van der Waals surface area contributed by atoms with Crippen LogP contribution >= 0.6 is 22.9 Å². The predicted molar refractivity (Wildman–Crippen MR) is 71.2 cm³/mol. The van der Waals surface area contributed by atoms with Crippen LogP contribution in [-0.4, -0.2) is 7.05 Å². The molecule has 0 fully saturated rings. The number of hydrogen-bond acceptors (Lipinski definition) is 2. The van der Waals surface area contributed by atoms with Gasteiger partial charge in [-0.2, -0.15) is 11.3 Å². The summed E-state index contributed by atoms with van der Waals surface area (Å²) in [6.45, 7) is 0. The number of nitrogens with one attached hydrogen (secondary N) is 1. The molecule has 1 N–H and O–H groups in total. The highest BCUT2D eigenvalue weighted by Crippen LogP contribution is 2.23. The van der Waals surface area contributed by atoms with Crippen LogP contribution in [0.4, 0.5) is 4.39 Å². The minimum absolute atomic E-state index is 0.183. The molecule has 1 unspecified atom stereocenters. The topological polar surface area (TPSA) is 12.0 Å². The third kappa shape index (κ3) is 3.06. The van der Waals surface area contributed by atoms with Gasteiger partial charge in [-0.15, -0.1) is 0 Å². The van der Waals surface area contributed by atoms with Crippen molar-refractivity contribution in [3.05, 3.63) is 57.0 Å². The van der Waals surface area contributed by atoms with E-state index >= 15 is 0 Å². The van der Waals surface area contributed by atoms with E-state index in [9.17, 15) is 4.39 Å². The quantitative estimate of drug-likeness (QED) is 0.883. The van der Waals surface area contributed by atoms with Crippen LogP contribution < -0.4 is 5.32 Å². The summed E-state index contributed by atoms with van der Waals surface area (Å²) in [5.74, 6) is -0.369. The van der Waals surface area contributed by atoms with Gasteiger partial charge in [-0.05, 0) is 53.6 Å². The summed E-state index contributed by atoms with van der Waals surface area (Å²) in [5.41, 5.74) is 2.28. The van der Waals surface area contributed by atoms with Crippen molar-refractivity contribution in [2.75, 3.05) is 7.05 Å². The number of rotatable bonds is 4. The summed E-state index contributed by atoms with van der Waals surface area (Å²) < 4.78 is 13.0. The van der Waals surface area contributed by atoms with Crippen LogP contribution in [-0.2, 0) is 6.42 Å². The van der Waals surface area contributed by atoms with Gasteiger partial charge >= 0.3 is 0 Å². The molecular weight excluding hydrogens is 257 g/mol. The molecule has 0 saturated carbocycles. The molecule has 1 aromatic heterocycles. The molecule has 2 aromatic rings. The lowest BCUT2D eigenvalue weighted by Gasteiger charge is -2.15. The van der Waals surface area contributed by atoms with Crippen molar-refractivity contribution in [1.82, 2.24) is 5.32 Å². The highest BCUT2D eigenvalue weighted by molar-refractivity contribution is 7.07. The van der Waals surface area contributed by atoms with E-state index in [2.05, 4.69) is 22.1 Å². The molecule has 0 saturated heterocycles. The van der Waals surface area contributed by atoms with Gasteiger partial charge in [0.15, 0.2) is 0 Å². The van der Waals surface area contributed by atoms with Crippen LogP contribution in [0.3, 0.4) is 0 Å². The molecule has 4 heteroatoms. The molecule has 1 aromatic carbocycles. The van der Waals surface area contributed by atoms with E-state index in [1.165, 1.54) is 11.6 Å². The molecular formula is C13H13ClFNS. The molecule has 17 heavy (non-hydrogen) atoms. The molecule has 1 atom stereocenters. The minimum Gasteiger partial charge on any atom is -0.313 e. The fourth-order valence-electron chi connectivity index (χ4n) is 1.76. The second kappa shape index (κ2) is 5.63. The van der Waals surface area contributed by atoms with Crippen molar-refractivity contribution in [3.63, 3.8) is 0 Å². The number of halogens is 2. The normalized spacial score (nSPS) is 12.6. The van der Waals surface area contributed by atoms with E-state index in [1.807, 2.05) is 7.05 Å². The van der Waals surface area contributed by atoms with Crippen LogP contribution in [0.2, 0.25) is 5.02 Å². The van der Waals surface area contributed by atoms with Crippen LogP contribution in [0, 0.1) is 5.82 Å². The zero-order valence-electron chi connectivity index (χ0n) is 9.41. The Morgan fingerprint density at radius 2 is 2.24 bits per heavy atom. The SMILES string of the molecule is CNC(Cc1ccc(F)c(Cl)c1)c1ccsc1. The lowest BCUT2D eigenvalue weighted by molar-refractivity contribution is 0.590. The molecule has 2 rings (SSSR count). The number of hydrogen-bond donors (Lipinski definition) is 1. The van der Waals surface area contributed by atoms with Crippen molar-refractivity contribution in [2.24, 2.45) is 0 Å². The van der Waals surface area contributed by atoms with Gasteiger partial charge in [0.2, 0.25) is 0 Å². The van der Waals surface area contributed by atoms with Gasteiger partial charge < -0.3 is 5.32 Å². The Morgan fingerprint density at radius 3 is 2.82 bits per heavy atom. The zero-order chi connectivity index (χ0) is 12.3. The van der Waals surface area contributed by atoms with Crippen LogP contribution in [0.1, 0.15) is 17.2 Å². The Balaban J connectivity index is 2.16. The Morgan fingerprint density at radius 1 is 1.41 bits per heavy atom. The van der Waals surface area contributed by atoms with Crippen molar-refractivity contribution in [1.29, 1.82) is 0 Å². The summed E-state index contributed by atoms with van der Waals surface area (Å²) in [6, 6.07) is 7.21. The Bertz CT molecular complexity index is 484. The third-order valence-corrected chi connectivity index (χ3v) is 3.71. The maximum absolute atomic E-state index is 13.0. The smallest absolute Gasteiger partial charge is 0.141 e. The minimum atomic E-state index is -0.369. The highest BCUT2D eigenvalue weighted by Gasteiger charge is 2.11. The average Bonchev–Trinajstić information content (AvgIpc) is 2.84. The monoisotopic (exact) mass is 269 g/mol. The molecule has 0 aliphatic rings. The molecule has 0 aliphatic carbocycles. The summed E-state index contributed by atoms with van der Waals surface area (Å²) >= 11 is 7.45. The highest BCUT2D eigenvalue weighted by atomic mass is 35.5. The summed E-state index contributed by atoms with van der Waals surface area (Å²) in [7, 11) is 1.92. The van der Waals surface area contributed by atoms with Crippen LogP contribution in [0.5, 0.6) is 0 Å². The van der Waals surface area contributed by atoms with E-state index in [0.717, 1.165) is 12.0 Å². The van der Waals surface area contributed by atoms with E-state index in [4.69, 9.17) is 11.6 Å². The second-order valence-electron chi connectivity index (χ2n) is 3.85. The first-order valence-corrected chi connectivity index (χ1v) is 6.66. The summed E-state index contributed by atoms with van der Waals surface area (Å²) in [5, 5.41) is 7.61. The Labute approximate surface area is 109 Å². The lowest BCUT2D eigenvalue weighted by Crippen LogP contribution is -2.18. The molecule has 90 valence electrons. The predicted octanol–water partition coefficient (Wildman–Crippen LogP) is 4.04. The molecule has 1 nitrogen and oxygen atoms in total. The molecule has 0 bridgehead atoms. The molecule has 1 heterocycles. The van der Waals surface area contributed by atoms with Gasteiger partial charge in [-0.25, -0.2) is 4.39 Å². The average molecular weight is 270 g/mol. The molecule has 0 spiro atoms. The summed E-state index contributed by atoms with van der Waals surface area (Å²) in [6.07, 6.45) is 0.799. The van der Waals surface area contributed by atoms with E-state index in [0.29, 0.717) is 0 Å². The number of benzene rings is 1. The first-order valence-electron chi connectivity index (χ1n) is 5.34. The molecule has 0 radical (unpaired) electrons. The Hall–Kier alpha value is -0.900. The summed E-state index contributed by atoms with van der Waals surface area (Å²) in [4.78, 5) is 0. The van der Waals surface area contributed by atoms with Gasteiger partial charge in [0, 0.05) is 6.04 Å². The maximum atomic E-state index is 13.0.